The van der Waals surface area contributed by atoms with Crippen LogP contribution in [0.15, 0.2) is 54.7 Å². The zero-order valence-corrected chi connectivity index (χ0v) is 18.3. The summed E-state index contributed by atoms with van der Waals surface area (Å²) in [5.74, 6) is 0.796. The van der Waals surface area contributed by atoms with E-state index in [0.29, 0.717) is 18.7 Å². The molecule has 3 aromatic rings. The van der Waals surface area contributed by atoms with Gasteiger partial charge in [0.2, 0.25) is 0 Å². The predicted octanol–water partition coefficient (Wildman–Crippen LogP) is 3.71. The van der Waals surface area contributed by atoms with Gasteiger partial charge in [-0.05, 0) is 37.6 Å². The smallest absolute Gasteiger partial charge is 0.257 e. The third-order valence-corrected chi connectivity index (χ3v) is 5.49. The fourth-order valence-corrected chi connectivity index (χ4v) is 3.96. The Bertz CT molecular complexity index is 1030. The minimum absolute atomic E-state index is 0. The number of para-hydroxylation sites is 1. The Morgan fingerprint density at radius 2 is 1.97 bits per heavy atom. The molecule has 7 heteroatoms. The molecule has 2 aromatic carbocycles. The van der Waals surface area contributed by atoms with Crippen molar-refractivity contribution in [2.24, 2.45) is 0 Å². The Hall–Kier alpha value is -2.83. The minimum Gasteiger partial charge on any atom is -0.496 e. The molecular weight excluding hydrogens is 400 g/mol. The topological polar surface area (TPSA) is 59.4 Å². The lowest BCUT2D eigenvalue weighted by Crippen LogP contribution is -2.48. The van der Waals surface area contributed by atoms with Crippen LogP contribution in [0, 0.1) is 13.8 Å². The van der Waals surface area contributed by atoms with Crippen molar-refractivity contribution in [3.05, 3.63) is 77.1 Å². The number of benzene rings is 2. The van der Waals surface area contributed by atoms with Crippen LogP contribution in [0.2, 0.25) is 0 Å². The van der Waals surface area contributed by atoms with Gasteiger partial charge in [-0.25, -0.2) is 4.68 Å². The first-order valence-electron chi connectivity index (χ1n) is 9.86. The molecule has 0 spiro atoms. The highest BCUT2D eigenvalue weighted by atomic mass is 35.5. The average Bonchev–Trinajstić information content (AvgIpc) is 3.14. The number of aromatic nitrogens is 2. The number of carbonyl (C=O) groups excluding carboxylic acids is 1. The van der Waals surface area contributed by atoms with Crippen molar-refractivity contribution in [1.29, 1.82) is 0 Å². The van der Waals surface area contributed by atoms with Gasteiger partial charge >= 0.3 is 0 Å². The van der Waals surface area contributed by atoms with Crippen LogP contribution in [0.3, 0.4) is 0 Å². The molecule has 2 heterocycles. The molecule has 0 saturated carbocycles. The largest absolute Gasteiger partial charge is 0.496 e. The van der Waals surface area contributed by atoms with Crippen LogP contribution in [0.25, 0.3) is 5.69 Å². The summed E-state index contributed by atoms with van der Waals surface area (Å²) in [6, 6.07) is 15.9. The van der Waals surface area contributed by atoms with E-state index in [9.17, 15) is 4.79 Å². The number of piperazine rings is 1. The Morgan fingerprint density at radius 3 is 2.73 bits per heavy atom. The highest BCUT2D eigenvalue weighted by Gasteiger charge is 2.32. The average molecular weight is 427 g/mol. The van der Waals surface area contributed by atoms with Gasteiger partial charge in [0.25, 0.3) is 5.91 Å². The number of halogens is 1. The summed E-state index contributed by atoms with van der Waals surface area (Å²) >= 11 is 0. The molecule has 6 nitrogen and oxygen atoms in total. The minimum atomic E-state index is -0.0888. The number of hydrogen-bond donors (Lipinski definition) is 1. The first-order chi connectivity index (χ1) is 14.1. The molecule has 1 aliphatic rings. The van der Waals surface area contributed by atoms with Gasteiger partial charge in [0, 0.05) is 25.2 Å². The predicted molar refractivity (Wildman–Crippen MR) is 120 cm³/mol. The first kappa shape index (κ1) is 21.9. The fourth-order valence-electron chi connectivity index (χ4n) is 3.96. The molecule has 30 heavy (non-hydrogen) atoms. The SMILES string of the molecule is COc1ccccc1C1CNCCN1C(=O)c1cnn(-c2cccc(C)c2)c1C.Cl. The first-order valence-corrected chi connectivity index (χ1v) is 9.86. The van der Waals surface area contributed by atoms with E-state index in [4.69, 9.17) is 4.74 Å². The molecule has 1 aromatic heterocycles. The number of ether oxygens (including phenoxy) is 1. The maximum atomic E-state index is 13.5. The zero-order valence-electron chi connectivity index (χ0n) is 17.5. The van der Waals surface area contributed by atoms with E-state index in [0.717, 1.165) is 34.8 Å². The molecule has 158 valence electrons. The van der Waals surface area contributed by atoms with Crippen LogP contribution in [-0.4, -0.2) is 47.3 Å². The van der Waals surface area contributed by atoms with Gasteiger partial charge < -0.3 is 15.0 Å². The fraction of sp³-hybridized carbons (Fsp3) is 0.304. The molecule has 1 fully saturated rings. The third kappa shape index (κ3) is 4.06. The maximum absolute atomic E-state index is 13.5. The monoisotopic (exact) mass is 426 g/mol. The van der Waals surface area contributed by atoms with Crippen molar-refractivity contribution < 1.29 is 9.53 Å². The van der Waals surface area contributed by atoms with Crippen molar-refractivity contribution >= 4 is 18.3 Å². The number of nitrogens with one attached hydrogen (secondary N) is 1. The van der Waals surface area contributed by atoms with E-state index in [1.54, 1.807) is 13.3 Å². The number of aryl methyl sites for hydroxylation is 1. The highest BCUT2D eigenvalue weighted by molar-refractivity contribution is 5.95. The van der Waals surface area contributed by atoms with E-state index in [-0.39, 0.29) is 24.4 Å². The number of nitrogens with zero attached hydrogens (tertiary/aromatic N) is 3. The third-order valence-electron chi connectivity index (χ3n) is 5.49. The number of hydrogen-bond acceptors (Lipinski definition) is 4. The van der Waals surface area contributed by atoms with Gasteiger partial charge in [-0.2, -0.15) is 5.10 Å². The number of rotatable bonds is 4. The van der Waals surface area contributed by atoms with E-state index in [1.807, 2.05) is 65.9 Å². The number of amides is 1. The van der Waals surface area contributed by atoms with Crippen LogP contribution < -0.4 is 10.1 Å². The second-order valence-electron chi connectivity index (χ2n) is 7.35. The Labute approximate surface area is 183 Å². The molecule has 1 unspecified atom stereocenters. The lowest BCUT2D eigenvalue weighted by atomic mass is 10.0. The van der Waals surface area contributed by atoms with Gasteiger partial charge in [-0.3, -0.25) is 4.79 Å². The van der Waals surface area contributed by atoms with Crippen LogP contribution in [0.4, 0.5) is 0 Å². The standard InChI is InChI=1S/C23H26N4O2.ClH/c1-16-7-6-8-18(13-16)27-17(2)20(14-25-27)23(28)26-12-11-24-15-21(26)19-9-4-5-10-22(19)29-3;/h4-10,13-14,21,24H,11-12,15H2,1-3H3;1H. The van der Waals surface area contributed by atoms with Crippen molar-refractivity contribution in [2.75, 3.05) is 26.7 Å². The maximum Gasteiger partial charge on any atom is 0.257 e. The van der Waals surface area contributed by atoms with Crippen molar-refractivity contribution in [1.82, 2.24) is 20.0 Å². The van der Waals surface area contributed by atoms with Gasteiger partial charge in [0.15, 0.2) is 0 Å². The second-order valence-corrected chi connectivity index (χ2v) is 7.35. The highest BCUT2D eigenvalue weighted by Crippen LogP contribution is 2.31. The lowest BCUT2D eigenvalue weighted by molar-refractivity contribution is 0.0631. The molecular formula is C23H27ClN4O2. The van der Waals surface area contributed by atoms with Crippen LogP contribution in [-0.2, 0) is 0 Å². The zero-order chi connectivity index (χ0) is 20.4. The summed E-state index contributed by atoms with van der Waals surface area (Å²) in [4.78, 5) is 15.4. The van der Waals surface area contributed by atoms with Crippen molar-refractivity contribution in [3.63, 3.8) is 0 Å². The van der Waals surface area contributed by atoms with Gasteiger partial charge in [-0.15, -0.1) is 12.4 Å². The van der Waals surface area contributed by atoms with Gasteiger partial charge in [0.1, 0.15) is 5.75 Å². The van der Waals surface area contributed by atoms with Crippen LogP contribution in [0.5, 0.6) is 5.75 Å². The van der Waals surface area contributed by atoms with Crippen LogP contribution in [0.1, 0.15) is 33.2 Å². The molecule has 0 aliphatic carbocycles. The van der Waals surface area contributed by atoms with E-state index >= 15 is 0 Å². The normalized spacial score (nSPS) is 16.1. The molecule has 1 atom stereocenters. The lowest BCUT2D eigenvalue weighted by Gasteiger charge is -2.37. The summed E-state index contributed by atoms with van der Waals surface area (Å²) in [5.41, 5.74) is 4.61. The molecule has 0 radical (unpaired) electrons. The summed E-state index contributed by atoms with van der Waals surface area (Å²) in [6.45, 7) is 6.09. The summed E-state index contributed by atoms with van der Waals surface area (Å²) in [7, 11) is 1.66. The van der Waals surface area contributed by atoms with Gasteiger partial charge in [0.05, 0.1) is 36.3 Å². The van der Waals surface area contributed by atoms with Gasteiger partial charge in [-0.1, -0.05) is 30.3 Å². The summed E-state index contributed by atoms with van der Waals surface area (Å²) in [6.07, 6.45) is 1.68. The van der Waals surface area contributed by atoms with Crippen LogP contribution >= 0.6 is 12.4 Å². The Morgan fingerprint density at radius 1 is 1.17 bits per heavy atom. The molecule has 1 amide bonds. The second kappa shape index (κ2) is 9.32. The van der Waals surface area contributed by atoms with E-state index < -0.39 is 0 Å². The number of carbonyl (C=O) groups is 1. The number of methoxy groups -OCH3 is 1. The molecule has 0 bridgehead atoms. The van der Waals surface area contributed by atoms with E-state index in [2.05, 4.69) is 16.5 Å². The molecule has 1 aliphatic heterocycles. The Balaban J connectivity index is 0.00000256. The van der Waals surface area contributed by atoms with Crippen molar-refractivity contribution in [2.45, 2.75) is 19.9 Å². The molecule has 1 saturated heterocycles. The van der Waals surface area contributed by atoms with Crippen molar-refractivity contribution in [3.8, 4) is 11.4 Å². The molecule has 1 N–H and O–H groups in total. The molecule has 4 rings (SSSR count). The Kier molecular flexibility index (Phi) is 6.80. The summed E-state index contributed by atoms with van der Waals surface area (Å²) in [5, 5.41) is 7.91. The summed E-state index contributed by atoms with van der Waals surface area (Å²) < 4.78 is 7.38. The van der Waals surface area contributed by atoms with E-state index in [1.165, 1.54) is 0 Å². The quantitative estimate of drug-likeness (QED) is 0.691.